The molecule has 0 fully saturated rings. The second-order valence-corrected chi connectivity index (χ2v) is 5.75. The molecular formula is C21H18N4O2. The van der Waals surface area contributed by atoms with Crippen molar-refractivity contribution >= 4 is 11.7 Å². The van der Waals surface area contributed by atoms with Crippen LogP contribution in [0, 0.1) is 11.3 Å². The van der Waals surface area contributed by atoms with Crippen LogP contribution in [0.15, 0.2) is 73.1 Å². The van der Waals surface area contributed by atoms with Gasteiger partial charge in [0.2, 0.25) is 0 Å². The summed E-state index contributed by atoms with van der Waals surface area (Å²) in [5, 5.41) is 14.6. The Morgan fingerprint density at radius 2 is 1.89 bits per heavy atom. The lowest BCUT2D eigenvalue weighted by Gasteiger charge is -2.10. The van der Waals surface area contributed by atoms with Gasteiger partial charge in [-0.1, -0.05) is 24.3 Å². The van der Waals surface area contributed by atoms with Gasteiger partial charge in [0, 0.05) is 30.2 Å². The van der Waals surface area contributed by atoms with E-state index in [1.54, 1.807) is 42.7 Å². The number of benzene rings is 2. The Balaban J connectivity index is 1.49. The molecule has 0 atom stereocenters. The summed E-state index contributed by atoms with van der Waals surface area (Å²) in [6.07, 6.45) is 3.39. The highest BCUT2D eigenvalue weighted by Crippen LogP contribution is 2.18. The summed E-state index contributed by atoms with van der Waals surface area (Å²) in [6, 6.07) is 19.9. The maximum absolute atomic E-state index is 11.9. The minimum atomic E-state index is -0.296. The molecule has 2 N–H and O–H groups in total. The first-order valence-electron chi connectivity index (χ1n) is 8.39. The quantitative estimate of drug-likeness (QED) is 0.700. The molecule has 0 saturated heterocycles. The van der Waals surface area contributed by atoms with Crippen LogP contribution in [-0.2, 0) is 13.2 Å². The second kappa shape index (κ2) is 9.02. The van der Waals surface area contributed by atoms with Crippen molar-refractivity contribution in [1.82, 2.24) is 10.3 Å². The number of nitrogens with zero attached hydrogens (tertiary/aromatic N) is 2. The van der Waals surface area contributed by atoms with E-state index in [-0.39, 0.29) is 6.03 Å². The van der Waals surface area contributed by atoms with E-state index in [1.165, 1.54) is 0 Å². The van der Waals surface area contributed by atoms with Crippen molar-refractivity contribution in [2.45, 2.75) is 13.2 Å². The maximum atomic E-state index is 11.9. The molecule has 0 radical (unpaired) electrons. The topological polar surface area (TPSA) is 87.0 Å². The number of nitriles is 1. The molecule has 3 rings (SSSR count). The van der Waals surface area contributed by atoms with Gasteiger partial charge in [-0.3, -0.25) is 4.98 Å². The summed E-state index contributed by atoms with van der Waals surface area (Å²) in [7, 11) is 0. The first kappa shape index (κ1) is 18.0. The number of hydrogen-bond acceptors (Lipinski definition) is 4. The maximum Gasteiger partial charge on any atom is 0.319 e. The summed E-state index contributed by atoms with van der Waals surface area (Å²) >= 11 is 0. The predicted octanol–water partition coefficient (Wildman–Crippen LogP) is 3.85. The number of amides is 2. The van der Waals surface area contributed by atoms with E-state index in [4.69, 9.17) is 10.00 Å². The molecule has 1 aromatic heterocycles. The normalized spacial score (nSPS) is 9.89. The smallest absolute Gasteiger partial charge is 0.319 e. The van der Waals surface area contributed by atoms with E-state index in [1.807, 2.05) is 30.3 Å². The molecule has 0 aliphatic heterocycles. The SMILES string of the molecule is N#Cc1ccccc1COc1ccc(NC(=O)NCc2cccnc2)cc1. The Morgan fingerprint density at radius 1 is 1.07 bits per heavy atom. The number of carbonyl (C=O) groups is 1. The Labute approximate surface area is 157 Å². The first-order chi connectivity index (χ1) is 13.2. The van der Waals surface area contributed by atoms with E-state index in [9.17, 15) is 4.79 Å². The van der Waals surface area contributed by atoms with Crippen LogP contribution < -0.4 is 15.4 Å². The number of pyridine rings is 1. The fourth-order valence-electron chi connectivity index (χ4n) is 2.41. The third kappa shape index (κ3) is 5.31. The minimum Gasteiger partial charge on any atom is -0.489 e. The van der Waals surface area contributed by atoms with Crippen molar-refractivity contribution in [2.24, 2.45) is 0 Å². The molecule has 2 amide bonds. The standard InChI is InChI=1S/C21H18N4O2/c22-12-17-5-1-2-6-18(17)15-27-20-9-7-19(8-10-20)25-21(26)24-14-16-4-3-11-23-13-16/h1-11,13H,14-15H2,(H2,24,25,26). The van der Waals surface area contributed by atoms with Gasteiger partial charge in [-0.2, -0.15) is 5.26 Å². The monoisotopic (exact) mass is 358 g/mol. The lowest BCUT2D eigenvalue weighted by Crippen LogP contribution is -2.28. The third-order valence-electron chi connectivity index (χ3n) is 3.82. The number of anilines is 1. The van der Waals surface area contributed by atoms with Gasteiger partial charge < -0.3 is 15.4 Å². The number of hydrogen-bond donors (Lipinski definition) is 2. The minimum absolute atomic E-state index is 0.296. The number of rotatable bonds is 6. The van der Waals surface area contributed by atoms with E-state index in [0.717, 1.165) is 11.1 Å². The van der Waals surface area contributed by atoms with Crippen LogP contribution in [0.25, 0.3) is 0 Å². The summed E-state index contributed by atoms with van der Waals surface area (Å²) in [6.45, 7) is 0.710. The van der Waals surface area contributed by atoms with Crippen molar-refractivity contribution in [3.05, 3.63) is 89.7 Å². The highest BCUT2D eigenvalue weighted by molar-refractivity contribution is 5.89. The number of carbonyl (C=O) groups excluding carboxylic acids is 1. The van der Waals surface area contributed by atoms with Crippen LogP contribution in [0.3, 0.4) is 0 Å². The molecule has 0 aliphatic rings. The molecule has 27 heavy (non-hydrogen) atoms. The van der Waals surface area contributed by atoms with E-state index < -0.39 is 0 Å². The van der Waals surface area contributed by atoms with Crippen LogP contribution in [0.5, 0.6) is 5.75 Å². The predicted molar refractivity (Wildman–Crippen MR) is 102 cm³/mol. The lowest BCUT2D eigenvalue weighted by molar-refractivity contribution is 0.251. The molecule has 0 aliphatic carbocycles. The van der Waals surface area contributed by atoms with Gasteiger partial charge in [-0.25, -0.2) is 4.79 Å². The fourth-order valence-corrected chi connectivity index (χ4v) is 2.41. The van der Waals surface area contributed by atoms with Gasteiger partial charge in [0.05, 0.1) is 11.6 Å². The summed E-state index contributed by atoms with van der Waals surface area (Å²) in [5.74, 6) is 0.657. The van der Waals surface area contributed by atoms with Gasteiger partial charge >= 0.3 is 6.03 Å². The van der Waals surface area contributed by atoms with Crippen LogP contribution in [0.1, 0.15) is 16.7 Å². The molecule has 0 unspecified atom stereocenters. The summed E-state index contributed by atoms with van der Waals surface area (Å²) in [4.78, 5) is 16.0. The van der Waals surface area contributed by atoms with Gasteiger partial charge in [0.25, 0.3) is 0 Å². The average molecular weight is 358 g/mol. The van der Waals surface area contributed by atoms with Crippen molar-refractivity contribution in [2.75, 3.05) is 5.32 Å². The van der Waals surface area contributed by atoms with Crippen molar-refractivity contribution in [1.29, 1.82) is 5.26 Å². The molecule has 3 aromatic rings. The van der Waals surface area contributed by atoms with Gasteiger partial charge in [-0.05, 0) is 42.0 Å². The zero-order valence-electron chi connectivity index (χ0n) is 14.6. The summed E-state index contributed by atoms with van der Waals surface area (Å²) in [5.41, 5.74) is 3.01. The van der Waals surface area contributed by atoms with E-state index in [0.29, 0.717) is 30.2 Å². The second-order valence-electron chi connectivity index (χ2n) is 5.75. The Kier molecular flexibility index (Phi) is 6.00. The zero-order valence-corrected chi connectivity index (χ0v) is 14.6. The molecule has 0 saturated carbocycles. The molecule has 0 bridgehead atoms. The molecule has 2 aromatic carbocycles. The van der Waals surface area contributed by atoms with Crippen molar-refractivity contribution in [3.8, 4) is 11.8 Å². The van der Waals surface area contributed by atoms with Crippen LogP contribution in [-0.4, -0.2) is 11.0 Å². The molecular weight excluding hydrogens is 340 g/mol. The average Bonchev–Trinajstić information content (AvgIpc) is 2.73. The van der Waals surface area contributed by atoms with E-state index in [2.05, 4.69) is 21.7 Å². The van der Waals surface area contributed by atoms with Crippen LogP contribution in [0.2, 0.25) is 0 Å². The lowest BCUT2D eigenvalue weighted by atomic mass is 10.1. The highest BCUT2D eigenvalue weighted by atomic mass is 16.5. The Hall–Kier alpha value is -3.85. The summed E-state index contributed by atoms with van der Waals surface area (Å²) < 4.78 is 5.71. The number of ether oxygens (including phenoxy) is 1. The van der Waals surface area contributed by atoms with E-state index >= 15 is 0 Å². The third-order valence-corrected chi connectivity index (χ3v) is 3.82. The molecule has 0 spiro atoms. The first-order valence-corrected chi connectivity index (χ1v) is 8.39. The molecule has 6 nitrogen and oxygen atoms in total. The Bertz CT molecular complexity index is 934. The number of aromatic nitrogens is 1. The zero-order chi connectivity index (χ0) is 18.9. The largest absolute Gasteiger partial charge is 0.489 e. The molecule has 1 heterocycles. The highest BCUT2D eigenvalue weighted by Gasteiger charge is 2.04. The fraction of sp³-hybridized carbons (Fsp3) is 0.0952. The number of nitrogens with one attached hydrogen (secondary N) is 2. The van der Waals surface area contributed by atoms with Crippen LogP contribution >= 0.6 is 0 Å². The number of urea groups is 1. The van der Waals surface area contributed by atoms with Gasteiger partial charge in [0.1, 0.15) is 12.4 Å². The van der Waals surface area contributed by atoms with Crippen molar-refractivity contribution in [3.63, 3.8) is 0 Å². The van der Waals surface area contributed by atoms with Crippen LogP contribution in [0.4, 0.5) is 10.5 Å². The Morgan fingerprint density at radius 3 is 2.63 bits per heavy atom. The molecule has 6 heteroatoms. The van der Waals surface area contributed by atoms with Gasteiger partial charge in [0.15, 0.2) is 0 Å². The van der Waals surface area contributed by atoms with Crippen molar-refractivity contribution < 1.29 is 9.53 Å². The molecule has 134 valence electrons. The van der Waals surface area contributed by atoms with Gasteiger partial charge in [-0.15, -0.1) is 0 Å².